The Morgan fingerprint density at radius 3 is 2.57 bits per heavy atom. The van der Waals surface area contributed by atoms with Crippen molar-refractivity contribution in [3.8, 4) is 5.75 Å². The van der Waals surface area contributed by atoms with Gasteiger partial charge in [-0.15, -0.1) is 0 Å². The first-order chi connectivity index (χ1) is 10.8. The molecule has 0 aliphatic carbocycles. The van der Waals surface area contributed by atoms with Crippen molar-refractivity contribution in [2.24, 2.45) is 5.73 Å². The molecule has 0 bridgehead atoms. The number of primary amides is 1. The summed E-state index contributed by atoms with van der Waals surface area (Å²) < 4.78 is 4.81. The first kappa shape index (κ1) is 17.9. The fraction of sp³-hybridized carbons (Fsp3) is 0.308. The Morgan fingerprint density at radius 1 is 1.43 bits per heavy atom. The quantitative estimate of drug-likeness (QED) is 0.449. The number of carboxylic acids is 1. The van der Waals surface area contributed by atoms with Crippen LogP contribution in [0.25, 0.3) is 0 Å². The maximum Gasteiger partial charge on any atom is 0.326 e. The number of hydrogen-bond donors (Lipinski definition) is 3. The first-order valence-corrected chi connectivity index (χ1v) is 6.40. The van der Waals surface area contributed by atoms with Crippen LogP contribution in [0.2, 0.25) is 0 Å². The van der Waals surface area contributed by atoms with Crippen LogP contribution >= 0.6 is 0 Å². The van der Waals surface area contributed by atoms with Crippen molar-refractivity contribution in [1.29, 1.82) is 0 Å². The van der Waals surface area contributed by atoms with Crippen molar-refractivity contribution in [3.63, 3.8) is 0 Å². The maximum absolute atomic E-state index is 12.0. The Morgan fingerprint density at radius 2 is 2.09 bits per heavy atom. The molecule has 0 saturated heterocycles. The monoisotopic (exact) mass is 325 g/mol. The summed E-state index contributed by atoms with van der Waals surface area (Å²) in [7, 11) is 1.24. The summed E-state index contributed by atoms with van der Waals surface area (Å²) in [6.45, 7) is 0. The number of carbonyl (C=O) groups excluding carboxylic acids is 2. The molecule has 0 saturated carbocycles. The summed E-state index contributed by atoms with van der Waals surface area (Å²) in [6, 6.07) is 2.12. The largest absolute Gasteiger partial charge is 0.490 e. The van der Waals surface area contributed by atoms with Gasteiger partial charge in [0, 0.05) is 18.1 Å². The molecule has 1 aromatic rings. The highest BCUT2D eigenvalue weighted by atomic mass is 16.6. The lowest BCUT2D eigenvalue weighted by Gasteiger charge is -2.14. The van der Waals surface area contributed by atoms with E-state index in [2.05, 4.69) is 5.32 Å². The average Bonchev–Trinajstić information content (AvgIpc) is 2.49. The van der Waals surface area contributed by atoms with Gasteiger partial charge in [0.2, 0.25) is 5.91 Å². The Hall–Kier alpha value is -3.17. The summed E-state index contributed by atoms with van der Waals surface area (Å²) in [5.74, 6) is -2.91. The number of hydrogen-bond acceptors (Lipinski definition) is 6. The van der Waals surface area contributed by atoms with Gasteiger partial charge in [0.25, 0.3) is 5.91 Å². The number of benzene rings is 1. The SMILES string of the molecule is COc1ccc(C(=O)NC(CCC(N)=O)C(=O)O)cc1[N+](=O)[O-]. The van der Waals surface area contributed by atoms with Crippen molar-refractivity contribution in [3.05, 3.63) is 33.9 Å². The van der Waals surface area contributed by atoms with Crippen molar-refractivity contribution in [1.82, 2.24) is 5.32 Å². The molecule has 0 aliphatic heterocycles. The van der Waals surface area contributed by atoms with Crippen molar-refractivity contribution in [2.75, 3.05) is 7.11 Å². The summed E-state index contributed by atoms with van der Waals surface area (Å²) in [6.07, 6.45) is -0.408. The zero-order valence-corrected chi connectivity index (χ0v) is 12.1. The molecule has 4 N–H and O–H groups in total. The number of nitro groups is 1. The maximum atomic E-state index is 12.0. The zero-order valence-electron chi connectivity index (χ0n) is 12.1. The normalized spacial score (nSPS) is 11.3. The molecule has 23 heavy (non-hydrogen) atoms. The van der Waals surface area contributed by atoms with Crippen molar-refractivity contribution in [2.45, 2.75) is 18.9 Å². The number of methoxy groups -OCH3 is 1. The second kappa shape index (κ2) is 7.73. The molecular weight excluding hydrogens is 310 g/mol. The van der Waals surface area contributed by atoms with E-state index in [1.807, 2.05) is 0 Å². The predicted octanol–water partition coefficient (Wildman–Crippen LogP) is 0.0519. The van der Waals surface area contributed by atoms with E-state index in [1.54, 1.807) is 0 Å². The highest BCUT2D eigenvalue weighted by Crippen LogP contribution is 2.27. The summed E-state index contributed by atoms with van der Waals surface area (Å²) in [4.78, 5) is 44.0. The highest BCUT2D eigenvalue weighted by Gasteiger charge is 2.23. The predicted molar refractivity (Wildman–Crippen MR) is 77.0 cm³/mol. The van der Waals surface area contributed by atoms with Gasteiger partial charge in [0.15, 0.2) is 5.75 Å². The van der Waals surface area contributed by atoms with Crippen LogP contribution in [0.4, 0.5) is 5.69 Å². The van der Waals surface area contributed by atoms with E-state index in [9.17, 15) is 24.5 Å². The van der Waals surface area contributed by atoms with E-state index in [-0.39, 0.29) is 24.2 Å². The number of aliphatic carboxylic acids is 1. The van der Waals surface area contributed by atoms with E-state index < -0.39 is 34.4 Å². The van der Waals surface area contributed by atoms with Crippen LogP contribution in [0.1, 0.15) is 23.2 Å². The fourth-order valence-electron chi connectivity index (χ4n) is 1.76. The Balaban J connectivity index is 2.95. The number of nitro benzene ring substituents is 1. The van der Waals surface area contributed by atoms with E-state index in [1.165, 1.54) is 19.2 Å². The van der Waals surface area contributed by atoms with E-state index >= 15 is 0 Å². The summed E-state index contributed by atoms with van der Waals surface area (Å²) in [5, 5.41) is 22.1. The molecule has 0 aromatic heterocycles. The number of nitrogens with one attached hydrogen (secondary N) is 1. The van der Waals surface area contributed by atoms with Gasteiger partial charge >= 0.3 is 11.7 Å². The lowest BCUT2D eigenvalue weighted by Crippen LogP contribution is -2.41. The van der Waals surface area contributed by atoms with Crippen molar-refractivity contribution >= 4 is 23.5 Å². The van der Waals surface area contributed by atoms with Gasteiger partial charge < -0.3 is 20.9 Å². The van der Waals surface area contributed by atoms with Gasteiger partial charge in [0.05, 0.1) is 12.0 Å². The third-order valence-electron chi connectivity index (χ3n) is 2.92. The molecule has 0 spiro atoms. The van der Waals surface area contributed by atoms with Gasteiger partial charge in [-0.05, 0) is 18.6 Å². The van der Waals surface area contributed by atoms with Gasteiger partial charge in [-0.25, -0.2) is 4.79 Å². The average molecular weight is 325 g/mol. The minimum atomic E-state index is -1.34. The summed E-state index contributed by atoms with van der Waals surface area (Å²) >= 11 is 0. The number of rotatable bonds is 8. The lowest BCUT2D eigenvalue weighted by molar-refractivity contribution is -0.385. The standard InChI is InChI=1S/C13H15N3O7/c1-23-10-4-2-7(6-9(10)16(21)22)12(18)15-8(13(19)20)3-5-11(14)17/h2,4,6,8H,3,5H2,1H3,(H2,14,17)(H,15,18)(H,19,20). The van der Waals surface area contributed by atoms with Crippen LogP contribution in [0, 0.1) is 10.1 Å². The number of amides is 2. The molecule has 0 radical (unpaired) electrons. The van der Waals surface area contributed by atoms with Crippen LogP contribution in [0.15, 0.2) is 18.2 Å². The molecule has 2 amide bonds. The zero-order chi connectivity index (χ0) is 17.6. The molecule has 10 heteroatoms. The molecule has 0 heterocycles. The third-order valence-corrected chi connectivity index (χ3v) is 2.92. The number of ether oxygens (including phenoxy) is 1. The fourth-order valence-corrected chi connectivity index (χ4v) is 1.76. The van der Waals surface area contributed by atoms with E-state index in [0.29, 0.717) is 0 Å². The number of carbonyl (C=O) groups is 3. The van der Waals surface area contributed by atoms with E-state index in [4.69, 9.17) is 15.6 Å². The Kier molecular flexibility index (Phi) is 6.01. The van der Waals surface area contributed by atoms with Gasteiger partial charge in [-0.3, -0.25) is 19.7 Å². The molecule has 1 rings (SSSR count). The molecule has 1 unspecified atom stereocenters. The molecule has 124 valence electrons. The smallest absolute Gasteiger partial charge is 0.326 e. The van der Waals surface area contributed by atoms with E-state index in [0.717, 1.165) is 6.07 Å². The number of nitrogens with two attached hydrogens (primary N) is 1. The molecular formula is C13H15N3O7. The van der Waals surface area contributed by atoms with Gasteiger partial charge in [-0.2, -0.15) is 0 Å². The van der Waals surface area contributed by atoms with Crippen LogP contribution in [-0.4, -0.2) is 41.0 Å². The van der Waals surface area contributed by atoms with Crippen LogP contribution < -0.4 is 15.8 Å². The summed E-state index contributed by atoms with van der Waals surface area (Å²) in [5.41, 5.74) is 4.40. The third kappa shape index (κ3) is 4.95. The van der Waals surface area contributed by atoms with Gasteiger partial charge in [-0.1, -0.05) is 0 Å². The Bertz CT molecular complexity index is 644. The number of nitrogens with zero attached hydrogens (tertiary/aromatic N) is 1. The van der Waals surface area contributed by atoms with Crippen LogP contribution in [-0.2, 0) is 9.59 Å². The molecule has 1 atom stereocenters. The molecule has 1 aromatic carbocycles. The second-order valence-corrected chi connectivity index (χ2v) is 4.51. The molecule has 10 nitrogen and oxygen atoms in total. The molecule has 0 fully saturated rings. The lowest BCUT2D eigenvalue weighted by atomic mass is 10.1. The van der Waals surface area contributed by atoms with Gasteiger partial charge in [0.1, 0.15) is 6.04 Å². The molecule has 0 aliphatic rings. The van der Waals surface area contributed by atoms with Crippen LogP contribution in [0.5, 0.6) is 5.75 Å². The highest BCUT2D eigenvalue weighted by molar-refractivity contribution is 5.97. The minimum absolute atomic E-state index is 0.0323. The van der Waals surface area contributed by atoms with Crippen molar-refractivity contribution < 1.29 is 29.2 Å². The topological polar surface area (TPSA) is 162 Å². The number of carboxylic acid groups (broad SMARTS) is 1. The second-order valence-electron chi connectivity index (χ2n) is 4.51. The minimum Gasteiger partial charge on any atom is -0.490 e. The Labute approximate surface area is 130 Å². The van der Waals surface area contributed by atoms with Crippen LogP contribution in [0.3, 0.4) is 0 Å². The first-order valence-electron chi connectivity index (χ1n) is 6.40.